The van der Waals surface area contributed by atoms with E-state index in [1.165, 1.54) is 0 Å². The molecule has 0 saturated carbocycles. The van der Waals surface area contributed by atoms with Crippen molar-refractivity contribution >= 4 is 5.91 Å². The molecule has 0 spiro atoms. The molecule has 2 aliphatic rings. The summed E-state index contributed by atoms with van der Waals surface area (Å²) in [4.78, 5) is 18.8. The lowest BCUT2D eigenvalue weighted by atomic mass is 9.96. The second-order valence-corrected chi connectivity index (χ2v) is 7.12. The van der Waals surface area contributed by atoms with Crippen LogP contribution in [0.15, 0.2) is 28.8 Å². The van der Waals surface area contributed by atoms with Crippen LogP contribution in [0, 0.1) is 5.92 Å². The molecule has 1 aromatic heterocycles. The number of carbonyl (C=O) groups is 1. The summed E-state index contributed by atoms with van der Waals surface area (Å²) in [5, 5.41) is 3.99. The molecule has 8 heteroatoms. The normalized spacial score (nSPS) is 18.1. The maximum absolute atomic E-state index is 12.5. The monoisotopic (exact) mass is 387 g/mol. The summed E-state index contributed by atoms with van der Waals surface area (Å²) in [6.07, 6.45) is 2.19. The predicted molar refractivity (Wildman–Crippen MR) is 99.9 cm³/mol. The molecule has 1 aromatic carbocycles. The Labute approximate surface area is 163 Å². The summed E-state index contributed by atoms with van der Waals surface area (Å²) in [5.74, 6) is 2.02. The Morgan fingerprint density at radius 2 is 2.04 bits per heavy atom. The van der Waals surface area contributed by atoms with Gasteiger partial charge in [0, 0.05) is 32.7 Å². The number of hydrogen-bond acceptors (Lipinski definition) is 7. The largest absolute Gasteiger partial charge is 0.486 e. The Bertz CT molecular complexity index is 797. The number of carbonyl (C=O) groups excluding carboxylic acids is 1. The highest BCUT2D eigenvalue weighted by atomic mass is 16.5. The first-order valence-electron chi connectivity index (χ1n) is 9.68. The van der Waals surface area contributed by atoms with E-state index >= 15 is 0 Å². The molecular weight excluding hydrogens is 362 g/mol. The Kier molecular flexibility index (Phi) is 5.87. The molecule has 28 heavy (non-hydrogen) atoms. The second-order valence-electron chi connectivity index (χ2n) is 7.12. The van der Waals surface area contributed by atoms with Crippen molar-refractivity contribution < 1.29 is 23.5 Å². The number of amides is 1. The fraction of sp³-hybridized carbons (Fsp3) is 0.550. The summed E-state index contributed by atoms with van der Waals surface area (Å²) in [5.41, 5.74) is 0.757. The van der Waals surface area contributed by atoms with Gasteiger partial charge in [-0.2, -0.15) is 4.98 Å². The lowest BCUT2D eigenvalue weighted by molar-refractivity contribution is -0.147. The van der Waals surface area contributed by atoms with E-state index in [0.29, 0.717) is 56.8 Å². The van der Waals surface area contributed by atoms with Crippen LogP contribution in [0.1, 0.15) is 18.7 Å². The average Bonchev–Trinajstić information content (AvgIpc) is 3.18. The van der Waals surface area contributed by atoms with Crippen molar-refractivity contribution in [1.29, 1.82) is 0 Å². The van der Waals surface area contributed by atoms with Gasteiger partial charge < -0.3 is 23.6 Å². The maximum Gasteiger partial charge on any atom is 0.261 e. The molecule has 0 aliphatic carbocycles. The molecule has 0 bridgehead atoms. The SMILES string of the molecule is COCCc1noc(-c2ccccc2OC2CN(C(=O)C3CCOCC3)C2)n1. The van der Waals surface area contributed by atoms with Crippen LogP contribution in [-0.2, 0) is 20.7 Å². The van der Waals surface area contributed by atoms with Gasteiger partial charge in [0.2, 0.25) is 5.91 Å². The minimum Gasteiger partial charge on any atom is -0.486 e. The molecule has 2 aliphatic heterocycles. The van der Waals surface area contributed by atoms with E-state index in [-0.39, 0.29) is 17.9 Å². The van der Waals surface area contributed by atoms with Crippen LogP contribution < -0.4 is 4.74 Å². The molecule has 0 radical (unpaired) electrons. The van der Waals surface area contributed by atoms with Gasteiger partial charge in [0.1, 0.15) is 11.9 Å². The van der Waals surface area contributed by atoms with Crippen molar-refractivity contribution in [2.24, 2.45) is 5.92 Å². The van der Waals surface area contributed by atoms with Crippen LogP contribution in [0.4, 0.5) is 0 Å². The number of methoxy groups -OCH3 is 1. The van der Waals surface area contributed by atoms with Gasteiger partial charge in [-0.3, -0.25) is 4.79 Å². The van der Waals surface area contributed by atoms with Crippen LogP contribution >= 0.6 is 0 Å². The highest BCUT2D eigenvalue weighted by Crippen LogP contribution is 2.31. The van der Waals surface area contributed by atoms with Gasteiger partial charge in [-0.15, -0.1) is 0 Å². The zero-order chi connectivity index (χ0) is 19.3. The third-order valence-corrected chi connectivity index (χ3v) is 5.14. The fourth-order valence-corrected chi connectivity index (χ4v) is 3.48. The summed E-state index contributed by atoms with van der Waals surface area (Å²) in [7, 11) is 1.64. The van der Waals surface area contributed by atoms with Crippen LogP contribution in [-0.4, -0.2) is 67.1 Å². The predicted octanol–water partition coefficient (Wildman–Crippen LogP) is 1.94. The van der Waals surface area contributed by atoms with Crippen molar-refractivity contribution in [3.63, 3.8) is 0 Å². The van der Waals surface area contributed by atoms with Gasteiger partial charge in [0.05, 0.1) is 25.3 Å². The minimum absolute atomic E-state index is 0.0270. The Hall–Kier alpha value is -2.45. The molecule has 8 nitrogen and oxygen atoms in total. The van der Waals surface area contributed by atoms with Gasteiger partial charge in [-0.1, -0.05) is 17.3 Å². The van der Waals surface area contributed by atoms with E-state index in [4.69, 9.17) is 18.7 Å². The maximum atomic E-state index is 12.5. The van der Waals surface area contributed by atoms with E-state index in [1.54, 1.807) is 7.11 Å². The third kappa shape index (κ3) is 4.18. The topological polar surface area (TPSA) is 86.9 Å². The van der Waals surface area contributed by atoms with Gasteiger partial charge in [-0.05, 0) is 25.0 Å². The van der Waals surface area contributed by atoms with Gasteiger partial charge in [0.25, 0.3) is 5.89 Å². The lowest BCUT2D eigenvalue weighted by Gasteiger charge is -2.41. The van der Waals surface area contributed by atoms with E-state index < -0.39 is 0 Å². The highest BCUT2D eigenvalue weighted by Gasteiger charge is 2.36. The molecule has 0 N–H and O–H groups in total. The summed E-state index contributed by atoms with van der Waals surface area (Å²) in [6.45, 7) is 3.10. The second kappa shape index (κ2) is 8.70. The van der Waals surface area contributed by atoms with Crippen molar-refractivity contribution in [2.75, 3.05) is 40.0 Å². The van der Waals surface area contributed by atoms with Gasteiger partial charge in [-0.25, -0.2) is 0 Å². The molecule has 0 unspecified atom stereocenters. The first kappa shape index (κ1) is 18.9. The van der Waals surface area contributed by atoms with Crippen molar-refractivity contribution in [2.45, 2.75) is 25.4 Å². The van der Waals surface area contributed by atoms with Crippen LogP contribution in [0.3, 0.4) is 0 Å². The molecule has 1 amide bonds. The molecule has 2 saturated heterocycles. The number of rotatable bonds is 7. The van der Waals surface area contributed by atoms with E-state index in [2.05, 4.69) is 10.1 Å². The minimum atomic E-state index is -0.0270. The van der Waals surface area contributed by atoms with E-state index in [1.807, 2.05) is 29.2 Å². The van der Waals surface area contributed by atoms with Crippen molar-refractivity contribution in [1.82, 2.24) is 15.0 Å². The Morgan fingerprint density at radius 3 is 2.82 bits per heavy atom. The number of nitrogens with zero attached hydrogens (tertiary/aromatic N) is 3. The number of ether oxygens (including phenoxy) is 3. The van der Waals surface area contributed by atoms with Gasteiger partial charge in [0.15, 0.2) is 5.82 Å². The van der Waals surface area contributed by atoms with Crippen LogP contribution in [0.2, 0.25) is 0 Å². The summed E-state index contributed by atoms with van der Waals surface area (Å²) < 4.78 is 21.9. The smallest absolute Gasteiger partial charge is 0.261 e. The first-order chi connectivity index (χ1) is 13.7. The number of hydrogen-bond donors (Lipinski definition) is 0. The Morgan fingerprint density at radius 1 is 1.25 bits per heavy atom. The number of aromatic nitrogens is 2. The standard InChI is InChI=1S/C20H25N3O5/c1-25-9-8-18-21-19(28-22-18)16-4-2-3-5-17(16)27-15-12-23(13-15)20(24)14-6-10-26-11-7-14/h2-5,14-15H,6-13H2,1H3. The number of para-hydroxylation sites is 1. The molecule has 2 aromatic rings. The zero-order valence-electron chi connectivity index (χ0n) is 16.0. The summed E-state index contributed by atoms with van der Waals surface area (Å²) >= 11 is 0. The highest BCUT2D eigenvalue weighted by molar-refractivity contribution is 5.79. The molecule has 2 fully saturated rings. The number of benzene rings is 1. The molecule has 3 heterocycles. The number of likely N-dealkylation sites (tertiary alicyclic amines) is 1. The third-order valence-electron chi connectivity index (χ3n) is 5.14. The van der Waals surface area contributed by atoms with Crippen molar-refractivity contribution in [3.8, 4) is 17.2 Å². The van der Waals surface area contributed by atoms with Crippen LogP contribution in [0.25, 0.3) is 11.5 Å². The quantitative estimate of drug-likeness (QED) is 0.717. The molecule has 0 atom stereocenters. The van der Waals surface area contributed by atoms with Crippen LogP contribution in [0.5, 0.6) is 5.75 Å². The molecular formula is C20H25N3O5. The molecule has 150 valence electrons. The Balaban J connectivity index is 1.36. The lowest BCUT2D eigenvalue weighted by Crippen LogP contribution is -2.58. The van der Waals surface area contributed by atoms with Gasteiger partial charge >= 0.3 is 0 Å². The van der Waals surface area contributed by atoms with Crippen molar-refractivity contribution in [3.05, 3.63) is 30.1 Å². The molecule has 4 rings (SSSR count). The van der Waals surface area contributed by atoms with E-state index in [9.17, 15) is 4.79 Å². The average molecular weight is 387 g/mol. The van der Waals surface area contributed by atoms with E-state index in [0.717, 1.165) is 18.4 Å². The fourth-order valence-electron chi connectivity index (χ4n) is 3.48. The summed E-state index contributed by atoms with van der Waals surface area (Å²) in [6, 6.07) is 7.59. The first-order valence-corrected chi connectivity index (χ1v) is 9.68. The zero-order valence-corrected chi connectivity index (χ0v) is 16.0.